The lowest BCUT2D eigenvalue weighted by Gasteiger charge is -2.19. The van der Waals surface area contributed by atoms with E-state index in [1.54, 1.807) is 12.5 Å². The van der Waals surface area contributed by atoms with Crippen LogP contribution in [0.5, 0.6) is 5.75 Å². The SMILES string of the molecule is CO.N/C=C\N(CCCO)CCCCc1ccc(OCc2coc(/C=C/c3ccc(P)cc3)n2)cc1. The molecule has 2 aromatic carbocycles. The zero-order valence-corrected chi connectivity index (χ0v) is 22.1. The zero-order chi connectivity index (χ0) is 26.0. The van der Waals surface area contributed by atoms with E-state index in [-0.39, 0.29) is 6.61 Å². The molecule has 0 bridgehead atoms. The smallest absolute Gasteiger partial charge is 0.218 e. The molecule has 1 aromatic heterocycles. The predicted molar refractivity (Wildman–Crippen MR) is 150 cm³/mol. The fraction of sp³-hybridized carbons (Fsp3) is 0.321. The Labute approximate surface area is 216 Å². The largest absolute Gasteiger partial charge is 0.487 e. The highest BCUT2D eigenvalue weighted by Gasteiger charge is 2.04. The van der Waals surface area contributed by atoms with Gasteiger partial charge in [-0.1, -0.05) is 36.4 Å². The summed E-state index contributed by atoms with van der Waals surface area (Å²) in [6.07, 6.45) is 12.8. The van der Waals surface area contributed by atoms with Crippen LogP contribution in [0.4, 0.5) is 0 Å². The molecule has 1 heterocycles. The Morgan fingerprint density at radius 3 is 2.42 bits per heavy atom. The van der Waals surface area contributed by atoms with Crippen LogP contribution < -0.4 is 15.8 Å². The van der Waals surface area contributed by atoms with Gasteiger partial charge in [-0.2, -0.15) is 0 Å². The molecule has 3 rings (SSSR count). The average molecular weight is 512 g/mol. The number of unbranched alkanes of at least 4 members (excludes halogenated alkanes) is 1. The van der Waals surface area contributed by atoms with Crippen LogP contribution in [0.2, 0.25) is 0 Å². The molecule has 0 aliphatic rings. The first kappa shape index (κ1) is 29.1. The fourth-order valence-corrected chi connectivity index (χ4v) is 3.64. The van der Waals surface area contributed by atoms with E-state index < -0.39 is 0 Å². The Kier molecular flexibility index (Phi) is 14.0. The summed E-state index contributed by atoms with van der Waals surface area (Å²) >= 11 is 0. The molecule has 0 aliphatic carbocycles. The summed E-state index contributed by atoms with van der Waals surface area (Å²) < 4.78 is 11.4. The molecule has 0 aliphatic heterocycles. The van der Waals surface area contributed by atoms with Crippen molar-refractivity contribution in [1.82, 2.24) is 9.88 Å². The summed E-state index contributed by atoms with van der Waals surface area (Å²) in [5.74, 6) is 1.37. The van der Waals surface area contributed by atoms with Gasteiger partial charge < -0.3 is 30.0 Å². The molecular weight excluding hydrogens is 473 g/mol. The minimum atomic E-state index is 0.200. The van der Waals surface area contributed by atoms with Crippen LogP contribution in [-0.4, -0.2) is 46.9 Å². The Hall–Kier alpha value is -3.12. The first-order valence-electron chi connectivity index (χ1n) is 12.0. The zero-order valence-electron chi connectivity index (χ0n) is 20.9. The molecule has 0 saturated carbocycles. The molecule has 8 heteroatoms. The second-order valence-electron chi connectivity index (χ2n) is 8.02. The van der Waals surface area contributed by atoms with Gasteiger partial charge in [0.25, 0.3) is 0 Å². The average Bonchev–Trinajstić information content (AvgIpc) is 3.38. The minimum Gasteiger partial charge on any atom is -0.487 e. The highest BCUT2D eigenvalue weighted by Crippen LogP contribution is 2.16. The van der Waals surface area contributed by atoms with E-state index in [4.69, 9.17) is 25.1 Å². The first-order valence-corrected chi connectivity index (χ1v) is 12.6. The molecule has 7 nitrogen and oxygen atoms in total. The van der Waals surface area contributed by atoms with Crippen molar-refractivity contribution in [3.8, 4) is 5.75 Å². The van der Waals surface area contributed by atoms with Gasteiger partial charge in [0.05, 0.1) is 0 Å². The van der Waals surface area contributed by atoms with Crippen molar-refractivity contribution in [2.24, 2.45) is 5.73 Å². The van der Waals surface area contributed by atoms with Crippen LogP contribution in [0.1, 0.15) is 42.0 Å². The number of hydrogen-bond donors (Lipinski definition) is 3. The number of rotatable bonds is 14. The van der Waals surface area contributed by atoms with Crippen molar-refractivity contribution in [3.63, 3.8) is 0 Å². The van der Waals surface area contributed by atoms with Gasteiger partial charge in [0.15, 0.2) is 0 Å². The van der Waals surface area contributed by atoms with Crippen molar-refractivity contribution in [2.75, 3.05) is 26.8 Å². The summed E-state index contributed by atoms with van der Waals surface area (Å²) in [6, 6.07) is 16.4. The van der Waals surface area contributed by atoms with Crippen molar-refractivity contribution >= 4 is 26.7 Å². The van der Waals surface area contributed by atoms with E-state index in [2.05, 4.69) is 31.3 Å². The predicted octanol–water partition coefficient (Wildman–Crippen LogP) is 3.97. The van der Waals surface area contributed by atoms with E-state index in [9.17, 15) is 0 Å². The number of benzene rings is 2. The number of aryl methyl sites for hydroxylation is 1. The Morgan fingerprint density at radius 1 is 1.00 bits per heavy atom. The lowest BCUT2D eigenvalue weighted by atomic mass is 10.1. The molecule has 0 fully saturated rings. The Balaban J connectivity index is 0.00000222. The van der Waals surface area contributed by atoms with Crippen molar-refractivity contribution in [1.29, 1.82) is 0 Å². The van der Waals surface area contributed by atoms with Crippen LogP contribution in [0, 0.1) is 0 Å². The van der Waals surface area contributed by atoms with Crippen molar-refractivity contribution in [3.05, 3.63) is 89.9 Å². The van der Waals surface area contributed by atoms with E-state index in [0.29, 0.717) is 12.5 Å². The lowest BCUT2D eigenvalue weighted by Crippen LogP contribution is -2.21. The third kappa shape index (κ3) is 11.1. The van der Waals surface area contributed by atoms with Gasteiger partial charge in [-0.3, -0.25) is 0 Å². The molecule has 4 N–H and O–H groups in total. The number of nitrogens with zero attached hydrogens (tertiary/aromatic N) is 2. The maximum absolute atomic E-state index is 8.99. The fourth-order valence-electron chi connectivity index (χ4n) is 3.45. The highest BCUT2D eigenvalue weighted by atomic mass is 31.0. The van der Waals surface area contributed by atoms with Gasteiger partial charge >= 0.3 is 0 Å². The van der Waals surface area contributed by atoms with Gasteiger partial charge in [0.2, 0.25) is 5.89 Å². The van der Waals surface area contributed by atoms with Crippen LogP contribution in [-0.2, 0) is 13.0 Å². The molecule has 36 heavy (non-hydrogen) atoms. The minimum absolute atomic E-state index is 0.200. The van der Waals surface area contributed by atoms with E-state index in [0.717, 1.165) is 68.2 Å². The van der Waals surface area contributed by atoms with Gasteiger partial charge in [-0.05, 0) is 60.3 Å². The molecule has 0 amide bonds. The number of hydrogen-bond acceptors (Lipinski definition) is 7. The van der Waals surface area contributed by atoms with E-state index in [1.165, 1.54) is 5.56 Å². The number of aliphatic hydroxyl groups excluding tert-OH is 2. The summed E-state index contributed by atoms with van der Waals surface area (Å²) in [5.41, 5.74) is 8.63. The summed E-state index contributed by atoms with van der Waals surface area (Å²) in [4.78, 5) is 6.61. The monoisotopic (exact) mass is 511 g/mol. The van der Waals surface area contributed by atoms with Crippen LogP contribution in [0.25, 0.3) is 12.2 Å². The number of aromatic nitrogens is 1. The molecule has 194 valence electrons. The normalized spacial score (nSPS) is 11.0. The maximum Gasteiger partial charge on any atom is 0.218 e. The van der Waals surface area contributed by atoms with Crippen LogP contribution >= 0.6 is 9.24 Å². The summed E-state index contributed by atoms with van der Waals surface area (Å²) in [6.45, 7) is 2.32. The van der Waals surface area contributed by atoms with Crippen LogP contribution in [0.15, 0.2) is 71.6 Å². The third-order valence-corrected chi connectivity index (χ3v) is 5.68. The first-order chi connectivity index (χ1) is 17.7. The van der Waals surface area contributed by atoms with Crippen LogP contribution in [0.3, 0.4) is 0 Å². The molecule has 0 spiro atoms. The topological polar surface area (TPSA) is 105 Å². The summed E-state index contributed by atoms with van der Waals surface area (Å²) in [5, 5.41) is 17.1. The van der Waals surface area contributed by atoms with Gasteiger partial charge in [0, 0.05) is 45.3 Å². The maximum atomic E-state index is 8.99. The van der Waals surface area contributed by atoms with E-state index in [1.807, 2.05) is 54.8 Å². The second kappa shape index (κ2) is 17.3. The number of nitrogens with two attached hydrogens (primary N) is 1. The van der Waals surface area contributed by atoms with Crippen molar-refractivity contribution in [2.45, 2.75) is 32.3 Å². The number of oxazole rings is 1. The van der Waals surface area contributed by atoms with Gasteiger partial charge in [-0.15, -0.1) is 9.24 Å². The summed E-state index contributed by atoms with van der Waals surface area (Å²) in [7, 11) is 3.68. The van der Waals surface area contributed by atoms with Gasteiger partial charge in [0.1, 0.15) is 24.3 Å². The van der Waals surface area contributed by atoms with Gasteiger partial charge in [-0.25, -0.2) is 4.98 Å². The molecule has 1 atom stereocenters. The third-order valence-electron chi connectivity index (χ3n) is 5.30. The number of aliphatic hydroxyl groups is 2. The highest BCUT2D eigenvalue weighted by molar-refractivity contribution is 7.27. The lowest BCUT2D eigenvalue weighted by molar-refractivity contribution is 0.257. The molecule has 0 saturated heterocycles. The molecule has 0 radical (unpaired) electrons. The standard InChI is InChI=1S/C27H34N3O3P.CH4O/c28-15-18-30(17-3-19-31)16-2-1-4-22-5-10-25(11-6-22)32-20-24-21-33-27(29-24)14-9-23-7-12-26(34)13-8-23;1-2/h5-15,18,21,31H,1-4,16-17,19-20,28,34H2;2H,1H3/b14-9+,18-15-;. The molecule has 3 aromatic rings. The van der Waals surface area contributed by atoms with E-state index >= 15 is 0 Å². The Morgan fingerprint density at radius 2 is 1.72 bits per heavy atom. The number of ether oxygens (including phenoxy) is 1. The Bertz CT molecular complexity index is 1030. The molecule has 1 unspecified atom stereocenters. The quantitative estimate of drug-likeness (QED) is 0.222. The molecular formula is C28H38N3O4P. The second-order valence-corrected chi connectivity index (χ2v) is 8.69. The van der Waals surface area contributed by atoms with Crippen molar-refractivity contribution < 1.29 is 19.4 Å².